The molecule has 0 unspecified atom stereocenters. The summed E-state index contributed by atoms with van der Waals surface area (Å²) in [6, 6.07) is 7.64. The Labute approximate surface area is 152 Å². The first-order valence-corrected chi connectivity index (χ1v) is 8.91. The third kappa shape index (κ3) is 4.66. The lowest BCUT2D eigenvalue weighted by molar-refractivity contribution is -0.121. The minimum Gasteiger partial charge on any atom is -0.353 e. The molecule has 1 aromatic heterocycles. The molecule has 0 saturated heterocycles. The molecule has 1 aromatic carbocycles. The van der Waals surface area contributed by atoms with Gasteiger partial charge in [0.15, 0.2) is 0 Å². The summed E-state index contributed by atoms with van der Waals surface area (Å²) in [4.78, 5) is 24.0. The van der Waals surface area contributed by atoms with Gasteiger partial charge in [-0.2, -0.15) is 0 Å². The molecule has 1 heterocycles. The number of nitrogens with one attached hydrogen (secondary N) is 2. The van der Waals surface area contributed by atoms with Gasteiger partial charge >= 0.3 is 0 Å². The number of nitrogens with two attached hydrogens (primary N) is 1. The summed E-state index contributed by atoms with van der Waals surface area (Å²) in [6.07, 6.45) is 7.04. The lowest BCUT2D eigenvalue weighted by Crippen LogP contribution is -2.44. The monoisotopic (exact) mass is 356 g/mol. The van der Waals surface area contributed by atoms with Crippen LogP contribution in [-0.2, 0) is 4.79 Å². The molecular weight excluding hydrogens is 332 g/mol. The minimum absolute atomic E-state index is 0.00756. The zero-order valence-electron chi connectivity index (χ0n) is 14.6. The zero-order chi connectivity index (χ0) is 18.4. The van der Waals surface area contributed by atoms with Crippen molar-refractivity contribution in [1.29, 1.82) is 0 Å². The van der Waals surface area contributed by atoms with E-state index in [2.05, 4.69) is 20.8 Å². The molecule has 3 rings (SSSR count). The first-order valence-electron chi connectivity index (χ1n) is 8.91. The zero-order valence-corrected chi connectivity index (χ0v) is 14.6. The van der Waals surface area contributed by atoms with E-state index >= 15 is 0 Å². The third-order valence-electron chi connectivity index (χ3n) is 4.65. The summed E-state index contributed by atoms with van der Waals surface area (Å²) >= 11 is 0. The van der Waals surface area contributed by atoms with Crippen molar-refractivity contribution in [3.05, 3.63) is 42.5 Å². The normalized spacial score (nSPS) is 19.7. The highest BCUT2D eigenvalue weighted by Gasteiger charge is 2.23. The van der Waals surface area contributed by atoms with Crippen LogP contribution >= 0.6 is 0 Å². The molecule has 1 aliphatic carbocycles. The maximum absolute atomic E-state index is 12.4. The number of hydrogen-bond donors (Lipinski definition) is 3. The average Bonchev–Trinajstić information content (AvgIpc) is 3.18. The highest BCUT2D eigenvalue weighted by molar-refractivity contribution is 5.94. The number of hydrogen-bond acceptors (Lipinski definition) is 5. The van der Waals surface area contributed by atoms with Crippen molar-refractivity contribution >= 4 is 11.8 Å². The van der Waals surface area contributed by atoms with Crippen LogP contribution in [0.4, 0.5) is 0 Å². The molecule has 0 spiro atoms. The molecule has 8 nitrogen and oxygen atoms in total. The summed E-state index contributed by atoms with van der Waals surface area (Å²) < 4.78 is 1.78. The van der Waals surface area contributed by atoms with Gasteiger partial charge < -0.3 is 16.4 Å². The Morgan fingerprint density at radius 2 is 1.58 bits per heavy atom. The summed E-state index contributed by atoms with van der Waals surface area (Å²) in [5.41, 5.74) is 6.92. The molecule has 0 radical (unpaired) electrons. The Hall–Kier alpha value is -2.74. The molecule has 2 amide bonds. The van der Waals surface area contributed by atoms with Gasteiger partial charge in [0, 0.05) is 36.3 Å². The number of carbonyl (C=O) groups excluding carboxylic acids is 2. The van der Waals surface area contributed by atoms with E-state index < -0.39 is 0 Å². The minimum atomic E-state index is -0.0732. The summed E-state index contributed by atoms with van der Waals surface area (Å²) in [6.45, 7) is 0.368. The first kappa shape index (κ1) is 18.1. The largest absolute Gasteiger partial charge is 0.353 e. The van der Waals surface area contributed by atoms with Crippen LogP contribution in [0.25, 0.3) is 5.69 Å². The number of benzene rings is 1. The molecule has 0 aliphatic heterocycles. The van der Waals surface area contributed by atoms with Crippen molar-refractivity contribution in [3.63, 3.8) is 0 Å². The number of aromatic nitrogens is 3. The SMILES string of the molecule is NCCC(=O)NC1CCC(NC(=O)c2ccc(-n3cnnc3)cc2)CC1. The van der Waals surface area contributed by atoms with Crippen LogP contribution in [0.5, 0.6) is 0 Å². The molecule has 0 bridgehead atoms. The van der Waals surface area contributed by atoms with Gasteiger partial charge in [0.1, 0.15) is 12.7 Å². The van der Waals surface area contributed by atoms with Gasteiger partial charge in [0.05, 0.1) is 0 Å². The van der Waals surface area contributed by atoms with E-state index in [1.165, 1.54) is 0 Å². The Kier molecular flexibility index (Phi) is 5.96. The first-order chi connectivity index (χ1) is 12.7. The number of amides is 2. The second-order valence-corrected chi connectivity index (χ2v) is 6.54. The Balaban J connectivity index is 1.47. The maximum Gasteiger partial charge on any atom is 0.251 e. The molecule has 26 heavy (non-hydrogen) atoms. The molecule has 138 valence electrons. The van der Waals surface area contributed by atoms with E-state index in [4.69, 9.17) is 5.73 Å². The standard InChI is InChI=1S/C18H24N6O2/c19-10-9-17(25)22-14-3-5-15(6-4-14)23-18(26)13-1-7-16(8-2-13)24-11-20-21-12-24/h1-2,7-8,11-12,14-15H,3-6,9-10,19H2,(H,22,25)(H,23,26). The Morgan fingerprint density at radius 3 is 2.15 bits per heavy atom. The van der Waals surface area contributed by atoms with Crippen LogP contribution in [0.2, 0.25) is 0 Å². The van der Waals surface area contributed by atoms with Crippen LogP contribution in [-0.4, -0.2) is 45.2 Å². The molecule has 8 heteroatoms. The van der Waals surface area contributed by atoms with Crippen LogP contribution in [0.3, 0.4) is 0 Å². The summed E-state index contributed by atoms with van der Waals surface area (Å²) in [5.74, 6) is -0.0657. The molecule has 1 aliphatic rings. The molecule has 4 N–H and O–H groups in total. The predicted octanol–water partition coefficient (Wildman–Crippen LogP) is 0.773. The van der Waals surface area contributed by atoms with Gasteiger partial charge in [0.25, 0.3) is 5.91 Å². The predicted molar refractivity (Wildman–Crippen MR) is 96.7 cm³/mol. The van der Waals surface area contributed by atoms with Crippen molar-refractivity contribution in [2.45, 2.75) is 44.2 Å². The number of rotatable bonds is 6. The quantitative estimate of drug-likeness (QED) is 0.707. The fraction of sp³-hybridized carbons (Fsp3) is 0.444. The lowest BCUT2D eigenvalue weighted by atomic mass is 9.91. The lowest BCUT2D eigenvalue weighted by Gasteiger charge is -2.29. The van der Waals surface area contributed by atoms with Crippen LogP contribution in [0.1, 0.15) is 42.5 Å². The molecule has 2 aromatic rings. The van der Waals surface area contributed by atoms with Crippen molar-refractivity contribution in [1.82, 2.24) is 25.4 Å². The van der Waals surface area contributed by atoms with Gasteiger partial charge in [-0.3, -0.25) is 14.2 Å². The van der Waals surface area contributed by atoms with Gasteiger partial charge in [-0.1, -0.05) is 0 Å². The van der Waals surface area contributed by atoms with E-state index in [1.54, 1.807) is 29.4 Å². The fourth-order valence-electron chi connectivity index (χ4n) is 3.20. The van der Waals surface area contributed by atoms with Crippen molar-refractivity contribution in [2.75, 3.05) is 6.54 Å². The molecule has 1 fully saturated rings. The van der Waals surface area contributed by atoms with E-state index in [-0.39, 0.29) is 23.9 Å². The third-order valence-corrected chi connectivity index (χ3v) is 4.65. The van der Waals surface area contributed by atoms with Crippen LogP contribution < -0.4 is 16.4 Å². The van der Waals surface area contributed by atoms with Crippen molar-refractivity contribution in [3.8, 4) is 5.69 Å². The van der Waals surface area contributed by atoms with E-state index in [0.717, 1.165) is 31.4 Å². The molecule has 0 atom stereocenters. The number of carbonyl (C=O) groups is 2. The number of nitrogens with zero attached hydrogens (tertiary/aromatic N) is 3. The smallest absolute Gasteiger partial charge is 0.251 e. The van der Waals surface area contributed by atoms with E-state index in [9.17, 15) is 9.59 Å². The fourth-order valence-corrected chi connectivity index (χ4v) is 3.20. The van der Waals surface area contributed by atoms with E-state index in [0.29, 0.717) is 18.5 Å². The topological polar surface area (TPSA) is 115 Å². The van der Waals surface area contributed by atoms with Gasteiger partial charge in [-0.15, -0.1) is 10.2 Å². The second kappa shape index (κ2) is 8.57. The highest BCUT2D eigenvalue weighted by atomic mass is 16.2. The average molecular weight is 356 g/mol. The van der Waals surface area contributed by atoms with Crippen molar-refractivity contribution in [2.24, 2.45) is 5.73 Å². The molecule has 1 saturated carbocycles. The Bertz CT molecular complexity index is 721. The van der Waals surface area contributed by atoms with E-state index in [1.807, 2.05) is 12.1 Å². The molecular formula is C18H24N6O2. The highest BCUT2D eigenvalue weighted by Crippen LogP contribution is 2.19. The summed E-state index contributed by atoms with van der Waals surface area (Å²) in [7, 11) is 0. The van der Waals surface area contributed by atoms with Gasteiger partial charge in [-0.05, 0) is 49.9 Å². The summed E-state index contributed by atoms with van der Waals surface area (Å²) in [5, 5.41) is 13.6. The Morgan fingerprint density at radius 1 is 1.00 bits per heavy atom. The van der Waals surface area contributed by atoms with Gasteiger partial charge in [0.2, 0.25) is 5.91 Å². The van der Waals surface area contributed by atoms with Crippen molar-refractivity contribution < 1.29 is 9.59 Å². The maximum atomic E-state index is 12.4. The van der Waals surface area contributed by atoms with Gasteiger partial charge in [-0.25, -0.2) is 0 Å². The van der Waals surface area contributed by atoms with Crippen LogP contribution in [0.15, 0.2) is 36.9 Å². The second-order valence-electron chi connectivity index (χ2n) is 6.54. The van der Waals surface area contributed by atoms with Crippen LogP contribution in [0, 0.1) is 0 Å².